The number of fused-ring (bicyclic) bond motifs is 1. The summed E-state index contributed by atoms with van der Waals surface area (Å²) in [7, 11) is 1.74. The van der Waals surface area contributed by atoms with Crippen molar-refractivity contribution in [1.29, 1.82) is 0 Å². The van der Waals surface area contributed by atoms with E-state index in [2.05, 4.69) is 13.8 Å². The topological polar surface area (TPSA) is 34.1 Å². The number of hydrogen-bond acceptors (Lipinski definition) is 2. The molecule has 2 nitrogen and oxygen atoms in total. The summed E-state index contributed by atoms with van der Waals surface area (Å²) in [5.41, 5.74) is 2.52. The van der Waals surface area contributed by atoms with Crippen molar-refractivity contribution in [1.82, 2.24) is 0 Å². The number of rotatable bonds is 1. The molecule has 0 spiro atoms. The van der Waals surface area contributed by atoms with Gasteiger partial charge in [-0.1, -0.05) is 19.9 Å². The summed E-state index contributed by atoms with van der Waals surface area (Å²) in [6.45, 7) is 4.39. The lowest BCUT2D eigenvalue weighted by atomic mass is 9.73. The van der Waals surface area contributed by atoms with E-state index in [1.54, 1.807) is 12.1 Å². The molecule has 4 heteroatoms. The van der Waals surface area contributed by atoms with Crippen LogP contribution in [0.15, 0.2) is 23.1 Å². The van der Waals surface area contributed by atoms with Crippen LogP contribution in [0, 0.1) is 0 Å². The van der Waals surface area contributed by atoms with Gasteiger partial charge in [-0.3, -0.25) is 0 Å². The molecule has 0 aliphatic heterocycles. The van der Waals surface area contributed by atoms with Gasteiger partial charge in [0.1, 0.15) is 0 Å². The predicted octanol–water partition coefficient (Wildman–Crippen LogP) is 3.23. The van der Waals surface area contributed by atoms with Gasteiger partial charge in [0.25, 0.3) is 9.05 Å². The zero-order chi connectivity index (χ0) is 12.0. The lowest BCUT2D eigenvalue weighted by Gasteiger charge is -2.32. The van der Waals surface area contributed by atoms with Crippen molar-refractivity contribution >= 4 is 19.7 Å². The molecule has 88 valence electrons. The Balaban J connectivity index is 2.56. The van der Waals surface area contributed by atoms with Crippen LogP contribution in [0.4, 0.5) is 0 Å². The zero-order valence-corrected chi connectivity index (χ0v) is 11.0. The Morgan fingerprint density at radius 3 is 2.62 bits per heavy atom. The van der Waals surface area contributed by atoms with Crippen LogP contribution in [-0.4, -0.2) is 8.42 Å². The third-order valence-electron chi connectivity index (χ3n) is 3.34. The molecule has 0 bridgehead atoms. The molecule has 0 saturated carbocycles. The maximum Gasteiger partial charge on any atom is 0.261 e. The number of aryl methyl sites for hydroxylation is 1. The highest BCUT2D eigenvalue weighted by molar-refractivity contribution is 8.13. The van der Waals surface area contributed by atoms with Crippen molar-refractivity contribution in [3.8, 4) is 0 Å². The average Bonchev–Trinajstić information content (AvgIpc) is 2.15. The fourth-order valence-electron chi connectivity index (χ4n) is 2.44. The van der Waals surface area contributed by atoms with Crippen LogP contribution in [0.3, 0.4) is 0 Å². The van der Waals surface area contributed by atoms with E-state index < -0.39 is 9.05 Å². The minimum atomic E-state index is -3.60. The molecule has 0 radical (unpaired) electrons. The van der Waals surface area contributed by atoms with E-state index in [4.69, 9.17) is 10.7 Å². The molecule has 0 fully saturated rings. The van der Waals surface area contributed by atoms with Gasteiger partial charge in [0.15, 0.2) is 0 Å². The van der Waals surface area contributed by atoms with E-state index in [1.165, 1.54) is 5.56 Å². The second kappa shape index (κ2) is 3.74. The first kappa shape index (κ1) is 11.9. The van der Waals surface area contributed by atoms with Gasteiger partial charge in [-0.15, -0.1) is 0 Å². The van der Waals surface area contributed by atoms with Gasteiger partial charge in [-0.05, 0) is 47.9 Å². The number of benzene rings is 1. The van der Waals surface area contributed by atoms with Gasteiger partial charge in [0.05, 0.1) is 4.90 Å². The minimum absolute atomic E-state index is 0.141. The van der Waals surface area contributed by atoms with Crippen LogP contribution >= 0.6 is 10.7 Å². The summed E-state index contributed by atoms with van der Waals surface area (Å²) in [6.07, 6.45) is 3.19. The first-order valence-electron chi connectivity index (χ1n) is 5.39. The number of hydrogen-bond donors (Lipinski definition) is 0. The van der Waals surface area contributed by atoms with Crippen LogP contribution in [0.1, 0.15) is 37.8 Å². The fourth-order valence-corrected chi connectivity index (χ4v) is 3.25. The summed E-state index contributed by atoms with van der Waals surface area (Å²) in [5.74, 6) is 0. The highest BCUT2D eigenvalue weighted by atomic mass is 35.7. The van der Waals surface area contributed by atoms with Crippen molar-refractivity contribution in [2.24, 2.45) is 0 Å². The molecular formula is C12H15ClO2S. The zero-order valence-electron chi connectivity index (χ0n) is 9.46. The van der Waals surface area contributed by atoms with Gasteiger partial charge in [-0.2, -0.15) is 0 Å². The lowest BCUT2D eigenvalue weighted by molar-refractivity contribution is 0.431. The Bertz CT molecular complexity index is 518. The molecule has 1 aliphatic rings. The third kappa shape index (κ3) is 2.11. The van der Waals surface area contributed by atoms with E-state index in [9.17, 15) is 8.42 Å². The van der Waals surface area contributed by atoms with Crippen LogP contribution in [0.5, 0.6) is 0 Å². The molecule has 2 rings (SSSR count). The van der Waals surface area contributed by atoms with E-state index in [1.807, 2.05) is 6.07 Å². The summed E-state index contributed by atoms with van der Waals surface area (Å²) in [5, 5.41) is 0. The molecule has 0 N–H and O–H groups in total. The van der Waals surface area contributed by atoms with Crippen LogP contribution in [-0.2, 0) is 20.9 Å². The first-order valence-corrected chi connectivity index (χ1v) is 7.70. The molecular weight excluding hydrogens is 244 g/mol. The Labute approximate surface area is 101 Å². The van der Waals surface area contributed by atoms with Crippen molar-refractivity contribution in [3.63, 3.8) is 0 Å². The Morgan fingerprint density at radius 2 is 2.00 bits per heavy atom. The van der Waals surface area contributed by atoms with E-state index >= 15 is 0 Å². The molecule has 0 heterocycles. The van der Waals surface area contributed by atoms with Crippen molar-refractivity contribution in [2.75, 3.05) is 0 Å². The van der Waals surface area contributed by atoms with Crippen LogP contribution in [0.2, 0.25) is 0 Å². The molecule has 1 aromatic rings. The van der Waals surface area contributed by atoms with Gasteiger partial charge >= 0.3 is 0 Å². The summed E-state index contributed by atoms with van der Waals surface area (Å²) >= 11 is 0. The van der Waals surface area contributed by atoms with Crippen LogP contribution < -0.4 is 0 Å². The minimum Gasteiger partial charge on any atom is -0.207 e. The lowest BCUT2D eigenvalue weighted by Crippen LogP contribution is -2.23. The molecule has 0 amide bonds. The Kier molecular flexibility index (Phi) is 2.79. The van der Waals surface area contributed by atoms with Gasteiger partial charge in [0.2, 0.25) is 0 Å². The third-order valence-corrected chi connectivity index (χ3v) is 4.69. The van der Waals surface area contributed by atoms with Crippen LogP contribution in [0.25, 0.3) is 0 Å². The highest BCUT2D eigenvalue weighted by Crippen LogP contribution is 2.37. The quantitative estimate of drug-likeness (QED) is 0.725. The van der Waals surface area contributed by atoms with Gasteiger partial charge in [-0.25, -0.2) is 8.42 Å². The number of halogens is 1. The van der Waals surface area contributed by atoms with Crippen molar-refractivity contribution < 1.29 is 8.42 Å². The SMILES string of the molecule is CC1(C)CCCc2cc(S(=O)(=O)Cl)ccc21. The first-order chi connectivity index (χ1) is 7.31. The highest BCUT2D eigenvalue weighted by Gasteiger charge is 2.28. The average molecular weight is 259 g/mol. The molecule has 0 atom stereocenters. The maximum absolute atomic E-state index is 11.2. The summed E-state index contributed by atoms with van der Waals surface area (Å²) in [6, 6.07) is 5.23. The molecule has 0 saturated heterocycles. The van der Waals surface area contributed by atoms with E-state index in [0.29, 0.717) is 0 Å². The second-order valence-corrected chi connectivity index (χ2v) is 7.56. The molecule has 0 unspecified atom stereocenters. The molecule has 1 aliphatic carbocycles. The molecule has 1 aromatic carbocycles. The standard InChI is InChI=1S/C12H15ClO2S/c1-12(2)7-3-4-9-8-10(16(13,14)15)5-6-11(9)12/h5-6,8H,3-4,7H2,1-2H3. The van der Waals surface area contributed by atoms with Crippen molar-refractivity contribution in [2.45, 2.75) is 43.4 Å². The normalized spacial score (nSPS) is 19.2. The molecule has 16 heavy (non-hydrogen) atoms. The summed E-state index contributed by atoms with van der Waals surface area (Å²) in [4.78, 5) is 0.214. The largest absolute Gasteiger partial charge is 0.261 e. The Hall–Kier alpha value is -0.540. The van der Waals surface area contributed by atoms with Gasteiger partial charge < -0.3 is 0 Å². The van der Waals surface area contributed by atoms with Gasteiger partial charge in [0, 0.05) is 10.7 Å². The second-order valence-electron chi connectivity index (χ2n) is 4.99. The van der Waals surface area contributed by atoms with Crippen molar-refractivity contribution in [3.05, 3.63) is 29.3 Å². The maximum atomic E-state index is 11.2. The fraction of sp³-hybridized carbons (Fsp3) is 0.500. The predicted molar refractivity (Wildman–Crippen MR) is 65.4 cm³/mol. The van der Waals surface area contributed by atoms with E-state index in [0.717, 1.165) is 24.8 Å². The van der Waals surface area contributed by atoms with E-state index in [-0.39, 0.29) is 10.3 Å². The summed E-state index contributed by atoms with van der Waals surface area (Å²) < 4.78 is 22.5. The molecule has 0 aromatic heterocycles. The Morgan fingerprint density at radius 1 is 1.31 bits per heavy atom. The smallest absolute Gasteiger partial charge is 0.207 e. The monoisotopic (exact) mass is 258 g/mol.